The van der Waals surface area contributed by atoms with E-state index in [9.17, 15) is 0 Å². The molecule has 1 aromatic carbocycles. The van der Waals surface area contributed by atoms with Crippen LogP contribution in [-0.2, 0) is 12.8 Å². The van der Waals surface area contributed by atoms with Crippen molar-refractivity contribution < 1.29 is 0 Å². The number of halogens is 1. The van der Waals surface area contributed by atoms with E-state index in [1.807, 2.05) is 6.07 Å². The molecule has 0 aromatic heterocycles. The van der Waals surface area contributed by atoms with Crippen LogP contribution in [0.25, 0.3) is 0 Å². The van der Waals surface area contributed by atoms with Crippen LogP contribution in [0.3, 0.4) is 0 Å². The molecule has 3 heteroatoms. The summed E-state index contributed by atoms with van der Waals surface area (Å²) in [6.45, 7) is 2.09. The highest BCUT2D eigenvalue weighted by Gasteiger charge is 2.11. The van der Waals surface area contributed by atoms with Crippen LogP contribution in [0.5, 0.6) is 0 Å². The molecule has 0 fully saturated rings. The van der Waals surface area contributed by atoms with Crippen LogP contribution in [0.15, 0.2) is 17.0 Å². The minimum atomic E-state index is 0.768. The monoisotopic (exact) mass is 213 g/mol. The van der Waals surface area contributed by atoms with E-state index in [1.54, 1.807) is 0 Å². The molecule has 13 heavy (non-hydrogen) atoms. The molecule has 0 saturated carbocycles. The van der Waals surface area contributed by atoms with Gasteiger partial charge in [-0.25, -0.2) is 0 Å². The summed E-state index contributed by atoms with van der Waals surface area (Å²) in [6, 6.07) is 4.05. The van der Waals surface area contributed by atoms with Gasteiger partial charge in [0.15, 0.2) is 0 Å². The second-order valence-electron chi connectivity index (χ2n) is 3.28. The molecule has 1 aliphatic heterocycles. The molecule has 0 spiro atoms. The Bertz CT molecular complexity index is 325. The van der Waals surface area contributed by atoms with Gasteiger partial charge < -0.3 is 5.32 Å². The normalized spacial score (nSPS) is 16.5. The maximum Gasteiger partial charge on any atom is 0.0542 e. The number of fused-ring (bicyclic) bond motifs is 1. The van der Waals surface area contributed by atoms with Gasteiger partial charge in [0.25, 0.3) is 0 Å². The van der Waals surface area contributed by atoms with Gasteiger partial charge in [-0.2, -0.15) is 0 Å². The Morgan fingerprint density at radius 1 is 1.23 bits per heavy atom. The molecule has 0 saturated heterocycles. The Balaban J connectivity index is 2.48. The first kappa shape index (κ1) is 9.38. The van der Waals surface area contributed by atoms with Crippen LogP contribution in [0, 0.1) is 0 Å². The highest BCUT2D eigenvalue weighted by molar-refractivity contribution is 7.80. The van der Waals surface area contributed by atoms with Gasteiger partial charge in [-0.05, 0) is 43.1 Å². The van der Waals surface area contributed by atoms with Crippen molar-refractivity contribution in [2.24, 2.45) is 0 Å². The molecular weight excluding hydrogens is 202 g/mol. The smallest absolute Gasteiger partial charge is 0.0542 e. The highest BCUT2D eigenvalue weighted by Crippen LogP contribution is 2.28. The second-order valence-corrected chi connectivity index (χ2v) is 4.14. The number of rotatable bonds is 0. The maximum atomic E-state index is 6.00. The lowest BCUT2D eigenvalue weighted by Crippen LogP contribution is -2.16. The van der Waals surface area contributed by atoms with Gasteiger partial charge in [0, 0.05) is 4.90 Å². The van der Waals surface area contributed by atoms with Gasteiger partial charge in [-0.15, -0.1) is 12.6 Å². The molecule has 1 nitrogen and oxygen atoms in total. The first-order valence-electron chi connectivity index (χ1n) is 4.49. The molecule has 70 valence electrons. The Kier molecular flexibility index (Phi) is 2.82. The minimum Gasteiger partial charge on any atom is -0.316 e. The van der Waals surface area contributed by atoms with Crippen molar-refractivity contribution in [1.82, 2.24) is 5.32 Å². The Morgan fingerprint density at radius 2 is 2.00 bits per heavy atom. The quantitative estimate of drug-likeness (QED) is 0.631. The summed E-state index contributed by atoms with van der Waals surface area (Å²) in [5, 5.41) is 4.13. The summed E-state index contributed by atoms with van der Waals surface area (Å²) in [5.74, 6) is 0. The Morgan fingerprint density at radius 3 is 2.85 bits per heavy atom. The summed E-state index contributed by atoms with van der Waals surface area (Å²) in [5.41, 5.74) is 2.71. The summed E-state index contributed by atoms with van der Waals surface area (Å²) in [7, 11) is 0. The van der Waals surface area contributed by atoms with Crippen LogP contribution in [-0.4, -0.2) is 13.1 Å². The molecule has 1 aromatic rings. The van der Waals surface area contributed by atoms with Crippen molar-refractivity contribution in [3.05, 3.63) is 28.3 Å². The fourth-order valence-electron chi connectivity index (χ4n) is 1.72. The largest absolute Gasteiger partial charge is 0.316 e. The average Bonchev–Trinajstić information content (AvgIpc) is 2.36. The summed E-state index contributed by atoms with van der Waals surface area (Å²) >= 11 is 10.4. The van der Waals surface area contributed by atoms with E-state index >= 15 is 0 Å². The van der Waals surface area contributed by atoms with E-state index in [1.165, 1.54) is 11.1 Å². The van der Waals surface area contributed by atoms with Crippen molar-refractivity contribution in [3.63, 3.8) is 0 Å². The van der Waals surface area contributed by atoms with Gasteiger partial charge in [0.2, 0.25) is 0 Å². The molecule has 0 aliphatic carbocycles. The number of hydrogen-bond donors (Lipinski definition) is 2. The zero-order valence-corrected chi connectivity index (χ0v) is 8.96. The SMILES string of the molecule is Sc1c(Cl)ccc2c1CCNCC2. The van der Waals surface area contributed by atoms with E-state index in [-0.39, 0.29) is 0 Å². The molecule has 0 radical (unpaired) electrons. The van der Waals surface area contributed by atoms with Gasteiger partial charge >= 0.3 is 0 Å². The van der Waals surface area contributed by atoms with E-state index in [2.05, 4.69) is 24.0 Å². The molecule has 1 aliphatic rings. The molecule has 0 bridgehead atoms. The average molecular weight is 214 g/mol. The highest BCUT2D eigenvalue weighted by atomic mass is 35.5. The number of benzene rings is 1. The fraction of sp³-hybridized carbons (Fsp3) is 0.400. The van der Waals surface area contributed by atoms with Gasteiger partial charge in [-0.3, -0.25) is 0 Å². The molecular formula is C10H12ClNS. The first-order chi connectivity index (χ1) is 6.29. The molecule has 1 heterocycles. The third kappa shape index (κ3) is 1.85. The standard InChI is InChI=1S/C10H12ClNS/c11-9-2-1-7-3-5-12-6-4-8(7)10(9)13/h1-2,12-13H,3-6H2. The Hall–Kier alpha value is -0.180. The zero-order chi connectivity index (χ0) is 9.26. The third-order valence-corrected chi connectivity index (χ3v) is 3.41. The number of nitrogens with one attached hydrogen (secondary N) is 1. The molecule has 0 unspecified atom stereocenters. The summed E-state index contributed by atoms with van der Waals surface area (Å²) in [6.07, 6.45) is 2.12. The summed E-state index contributed by atoms with van der Waals surface area (Å²) in [4.78, 5) is 0.961. The van der Waals surface area contributed by atoms with Crippen molar-refractivity contribution in [1.29, 1.82) is 0 Å². The van der Waals surface area contributed by atoms with Crippen LogP contribution < -0.4 is 5.32 Å². The van der Waals surface area contributed by atoms with Crippen LogP contribution in [0.2, 0.25) is 5.02 Å². The molecule has 2 rings (SSSR count). The van der Waals surface area contributed by atoms with Crippen molar-refractivity contribution >= 4 is 24.2 Å². The predicted molar refractivity (Wildman–Crippen MR) is 59.0 cm³/mol. The van der Waals surface area contributed by atoms with Crippen LogP contribution >= 0.6 is 24.2 Å². The summed E-state index contributed by atoms with van der Waals surface area (Å²) < 4.78 is 0. The Labute approximate surface area is 88.9 Å². The number of hydrogen-bond acceptors (Lipinski definition) is 2. The number of thiol groups is 1. The van der Waals surface area contributed by atoms with Crippen molar-refractivity contribution in [2.75, 3.05) is 13.1 Å². The molecule has 0 atom stereocenters. The lowest BCUT2D eigenvalue weighted by atomic mass is 10.0. The van der Waals surface area contributed by atoms with E-state index in [4.69, 9.17) is 11.6 Å². The van der Waals surface area contributed by atoms with Gasteiger partial charge in [0.05, 0.1) is 5.02 Å². The minimum absolute atomic E-state index is 0.768. The predicted octanol–water partition coefficient (Wildman–Crippen LogP) is 2.32. The van der Waals surface area contributed by atoms with E-state index < -0.39 is 0 Å². The van der Waals surface area contributed by atoms with Crippen molar-refractivity contribution in [2.45, 2.75) is 17.7 Å². The third-order valence-electron chi connectivity index (χ3n) is 2.45. The van der Waals surface area contributed by atoms with E-state index in [0.717, 1.165) is 35.8 Å². The zero-order valence-electron chi connectivity index (χ0n) is 7.31. The molecule has 0 amide bonds. The van der Waals surface area contributed by atoms with Gasteiger partial charge in [-0.1, -0.05) is 17.7 Å². The van der Waals surface area contributed by atoms with Crippen LogP contribution in [0.4, 0.5) is 0 Å². The lowest BCUT2D eigenvalue weighted by Gasteiger charge is -2.09. The van der Waals surface area contributed by atoms with Crippen LogP contribution in [0.1, 0.15) is 11.1 Å². The fourth-order valence-corrected chi connectivity index (χ4v) is 2.23. The van der Waals surface area contributed by atoms with Crippen molar-refractivity contribution in [3.8, 4) is 0 Å². The molecule has 1 N–H and O–H groups in total. The topological polar surface area (TPSA) is 12.0 Å². The lowest BCUT2D eigenvalue weighted by molar-refractivity contribution is 0.709. The maximum absolute atomic E-state index is 6.00. The van der Waals surface area contributed by atoms with E-state index in [0.29, 0.717) is 0 Å². The first-order valence-corrected chi connectivity index (χ1v) is 5.31. The second kappa shape index (κ2) is 3.91. The van der Waals surface area contributed by atoms with Gasteiger partial charge in [0.1, 0.15) is 0 Å².